The fourth-order valence-electron chi connectivity index (χ4n) is 2.32. The Hall–Kier alpha value is -2.12. The van der Waals surface area contributed by atoms with Crippen LogP contribution in [0.15, 0.2) is 24.3 Å². The standard InChI is InChI=1S/C17H23NO6/c1-12(23-10-15-6-2-3-8-22-15)17(21)18-13-5-4-7-14(9-13)24-11-16(19)20/h4-5,7,9,12,15H,2-3,6,8,10-11H2,1H3,(H,18,21)(H,19,20). The Kier molecular flexibility index (Phi) is 7.02. The monoisotopic (exact) mass is 337 g/mol. The van der Waals surface area contributed by atoms with Gasteiger partial charge in [-0.3, -0.25) is 4.79 Å². The number of anilines is 1. The van der Waals surface area contributed by atoms with Gasteiger partial charge in [0.05, 0.1) is 12.7 Å². The molecule has 1 aromatic carbocycles. The Balaban J connectivity index is 1.79. The molecular weight excluding hydrogens is 314 g/mol. The number of nitrogens with one attached hydrogen (secondary N) is 1. The van der Waals surface area contributed by atoms with Crippen LogP contribution in [0.2, 0.25) is 0 Å². The summed E-state index contributed by atoms with van der Waals surface area (Å²) in [7, 11) is 0. The first-order valence-electron chi connectivity index (χ1n) is 8.03. The van der Waals surface area contributed by atoms with E-state index in [1.165, 1.54) is 0 Å². The number of carbonyl (C=O) groups is 2. The number of hydrogen-bond acceptors (Lipinski definition) is 5. The zero-order valence-electron chi connectivity index (χ0n) is 13.7. The van der Waals surface area contributed by atoms with Crippen molar-refractivity contribution < 1.29 is 28.9 Å². The molecule has 0 bridgehead atoms. The van der Waals surface area contributed by atoms with E-state index in [1.807, 2.05) is 0 Å². The summed E-state index contributed by atoms with van der Waals surface area (Å²) >= 11 is 0. The summed E-state index contributed by atoms with van der Waals surface area (Å²) in [5, 5.41) is 11.3. The van der Waals surface area contributed by atoms with Crippen molar-refractivity contribution in [3.63, 3.8) is 0 Å². The molecule has 7 nitrogen and oxygen atoms in total. The molecule has 0 aromatic heterocycles. The Morgan fingerprint density at radius 1 is 1.42 bits per heavy atom. The van der Waals surface area contributed by atoms with Crippen molar-refractivity contribution in [2.24, 2.45) is 0 Å². The van der Waals surface area contributed by atoms with Gasteiger partial charge in [0.15, 0.2) is 6.61 Å². The van der Waals surface area contributed by atoms with Crippen molar-refractivity contribution in [1.82, 2.24) is 0 Å². The van der Waals surface area contributed by atoms with E-state index in [2.05, 4.69) is 5.32 Å². The number of hydrogen-bond donors (Lipinski definition) is 2. The molecule has 1 fully saturated rings. The van der Waals surface area contributed by atoms with E-state index >= 15 is 0 Å². The van der Waals surface area contributed by atoms with Crippen LogP contribution in [0.3, 0.4) is 0 Å². The zero-order valence-corrected chi connectivity index (χ0v) is 13.7. The van der Waals surface area contributed by atoms with Crippen molar-refractivity contribution in [3.8, 4) is 5.75 Å². The second kappa shape index (κ2) is 9.24. The predicted molar refractivity (Wildman–Crippen MR) is 87.2 cm³/mol. The van der Waals surface area contributed by atoms with Crippen LogP contribution in [0.5, 0.6) is 5.75 Å². The zero-order chi connectivity index (χ0) is 17.4. The Morgan fingerprint density at radius 3 is 2.96 bits per heavy atom. The van der Waals surface area contributed by atoms with E-state index in [0.717, 1.165) is 25.9 Å². The fourth-order valence-corrected chi connectivity index (χ4v) is 2.32. The molecule has 132 valence electrons. The van der Waals surface area contributed by atoms with Crippen molar-refractivity contribution in [3.05, 3.63) is 24.3 Å². The average Bonchev–Trinajstić information content (AvgIpc) is 2.59. The minimum Gasteiger partial charge on any atom is -0.482 e. The molecule has 1 aliphatic heterocycles. The lowest BCUT2D eigenvalue weighted by Crippen LogP contribution is -2.32. The van der Waals surface area contributed by atoms with Gasteiger partial charge in [-0.2, -0.15) is 0 Å². The fraction of sp³-hybridized carbons (Fsp3) is 0.529. The molecule has 2 rings (SSSR count). The van der Waals surface area contributed by atoms with E-state index in [0.29, 0.717) is 18.0 Å². The maximum Gasteiger partial charge on any atom is 0.341 e. The smallest absolute Gasteiger partial charge is 0.341 e. The predicted octanol–water partition coefficient (Wildman–Crippen LogP) is 2.06. The average molecular weight is 337 g/mol. The van der Waals surface area contributed by atoms with Crippen LogP contribution in [0.25, 0.3) is 0 Å². The van der Waals surface area contributed by atoms with Crippen LogP contribution in [0, 0.1) is 0 Å². The van der Waals surface area contributed by atoms with Gasteiger partial charge in [0.2, 0.25) is 0 Å². The third-order valence-electron chi connectivity index (χ3n) is 3.64. The molecule has 2 N–H and O–H groups in total. The molecule has 0 radical (unpaired) electrons. The second-order valence-corrected chi connectivity index (χ2v) is 5.66. The molecule has 7 heteroatoms. The van der Waals surface area contributed by atoms with Gasteiger partial charge in [-0.15, -0.1) is 0 Å². The van der Waals surface area contributed by atoms with E-state index in [1.54, 1.807) is 31.2 Å². The van der Waals surface area contributed by atoms with Crippen LogP contribution in [-0.4, -0.2) is 49.0 Å². The minimum atomic E-state index is -1.06. The molecule has 2 unspecified atom stereocenters. The topological polar surface area (TPSA) is 94.1 Å². The number of aliphatic carboxylic acids is 1. The SMILES string of the molecule is CC(OCC1CCCCO1)C(=O)Nc1cccc(OCC(=O)O)c1. The summed E-state index contributed by atoms with van der Waals surface area (Å²) in [6, 6.07) is 6.56. The summed E-state index contributed by atoms with van der Waals surface area (Å²) < 4.78 is 16.2. The van der Waals surface area contributed by atoms with Gasteiger partial charge in [-0.05, 0) is 38.3 Å². The number of carbonyl (C=O) groups excluding carboxylic acids is 1. The highest BCUT2D eigenvalue weighted by molar-refractivity contribution is 5.94. The van der Waals surface area contributed by atoms with Gasteiger partial charge in [-0.1, -0.05) is 6.07 Å². The van der Waals surface area contributed by atoms with Gasteiger partial charge in [0.1, 0.15) is 11.9 Å². The molecule has 1 aliphatic rings. The molecule has 1 aromatic rings. The van der Waals surface area contributed by atoms with Crippen LogP contribution in [0.1, 0.15) is 26.2 Å². The van der Waals surface area contributed by atoms with Gasteiger partial charge < -0.3 is 24.6 Å². The van der Waals surface area contributed by atoms with Crippen LogP contribution in [0.4, 0.5) is 5.69 Å². The first-order chi connectivity index (χ1) is 11.5. The van der Waals surface area contributed by atoms with Gasteiger partial charge >= 0.3 is 5.97 Å². The van der Waals surface area contributed by atoms with E-state index < -0.39 is 18.7 Å². The first kappa shape index (κ1) is 18.2. The molecule has 0 spiro atoms. The molecule has 0 aliphatic carbocycles. The maximum absolute atomic E-state index is 12.2. The van der Waals surface area contributed by atoms with Crippen LogP contribution in [-0.2, 0) is 19.1 Å². The number of carboxylic acid groups (broad SMARTS) is 1. The first-order valence-corrected chi connectivity index (χ1v) is 8.03. The van der Waals surface area contributed by atoms with E-state index in [4.69, 9.17) is 19.3 Å². The largest absolute Gasteiger partial charge is 0.482 e. The lowest BCUT2D eigenvalue weighted by atomic mass is 10.1. The maximum atomic E-state index is 12.2. The molecule has 2 atom stereocenters. The third kappa shape index (κ3) is 6.17. The van der Waals surface area contributed by atoms with Crippen molar-refractivity contribution >= 4 is 17.6 Å². The highest BCUT2D eigenvalue weighted by Gasteiger charge is 2.19. The van der Waals surface area contributed by atoms with E-state index in [-0.39, 0.29) is 12.0 Å². The molecule has 1 heterocycles. The summed E-state index contributed by atoms with van der Waals surface area (Å²) in [5.41, 5.74) is 0.521. The highest BCUT2D eigenvalue weighted by atomic mass is 16.5. The van der Waals surface area contributed by atoms with Crippen molar-refractivity contribution in [2.75, 3.05) is 25.1 Å². The lowest BCUT2D eigenvalue weighted by Gasteiger charge is -2.23. The number of amides is 1. The Morgan fingerprint density at radius 2 is 2.25 bits per heavy atom. The van der Waals surface area contributed by atoms with Gasteiger partial charge in [-0.25, -0.2) is 4.79 Å². The lowest BCUT2D eigenvalue weighted by molar-refractivity contribution is -0.139. The third-order valence-corrected chi connectivity index (χ3v) is 3.64. The number of rotatable bonds is 8. The summed E-state index contributed by atoms with van der Waals surface area (Å²) in [5.74, 6) is -0.961. The summed E-state index contributed by atoms with van der Waals surface area (Å²) in [4.78, 5) is 22.7. The number of carboxylic acids is 1. The molecule has 24 heavy (non-hydrogen) atoms. The molecular formula is C17H23NO6. The molecule has 0 saturated carbocycles. The van der Waals surface area contributed by atoms with Gasteiger partial charge in [0.25, 0.3) is 5.91 Å². The summed E-state index contributed by atoms with van der Waals surface area (Å²) in [6.07, 6.45) is 2.60. The highest BCUT2D eigenvalue weighted by Crippen LogP contribution is 2.18. The van der Waals surface area contributed by atoms with Crippen molar-refractivity contribution in [2.45, 2.75) is 38.4 Å². The second-order valence-electron chi connectivity index (χ2n) is 5.66. The summed E-state index contributed by atoms with van der Waals surface area (Å²) in [6.45, 7) is 2.40. The minimum absolute atomic E-state index is 0.0572. The van der Waals surface area contributed by atoms with Gasteiger partial charge in [0, 0.05) is 18.4 Å². The van der Waals surface area contributed by atoms with Crippen LogP contribution >= 0.6 is 0 Å². The van der Waals surface area contributed by atoms with Crippen LogP contribution < -0.4 is 10.1 Å². The normalized spacial score (nSPS) is 18.6. The van der Waals surface area contributed by atoms with E-state index in [9.17, 15) is 9.59 Å². The number of ether oxygens (including phenoxy) is 3. The Bertz CT molecular complexity index is 556. The number of benzene rings is 1. The molecule has 1 saturated heterocycles. The van der Waals surface area contributed by atoms with Crippen molar-refractivity contribution in [1.29, 1.82) is 0 Å². The molecule has 1 amide bonds. The quantitative estimate of drug-likeness (QED) is 0.754. The Labute approximate surface area is 140 Å².